The zero-order valence-electron chi connectivity index (χ0n) is 17.7. The lowest BCUT2D eigenvalue weighted by Gasteiger charge is -2.46. The standard InChI is InChI=1S/C25H26ClFO3/c1-5-14-6-7-15(30-16-8-9-19(26)20(27)13-16)12-17(14)21-22(28)18-10-11-25(4,23(21)29)24(18,2)3/h6-9,12-13,18,21H,5,10-11H2,1-4H3. The van der Waals surface area contributed by atoms with E-state index in [1.165, 1.54) is 12.1 Å². The SMILES string of the molecule is CCc1ccc(Oc2ccc(Cl)c(F)c2)cc1C1C(=O)C2CCC(C)(C1=O)C2(C)C. The van der Waals surface area contributed by atoms with E-state index in [0.29, 0.717) is 23.5 Å². The van der Waals surface area contributed by atoms with E-state index < -0.39 is 17.2 Å². The van der Waals surface area contributed by atoms with Crippen molar-refractivity contribution in [2.75, 3.05) is 0 Å². The first-order valence-electron chi connectivity index (χ1n) is 10.4. The number of benzene rings is 2. The van der Waals surface area contributed by atoms with Crippen LogP contribution in [-0.2, 0) is 16.0 Å². The maximum Gasteiger partial charge on any atom is 0.154 e. The van der Waals surface area contributed by atoms with E-state index in [1.807, 2.05) is 33.8 Å². The van der Waals surface area contributed by atoms with Crippen molar-refractivity contribution in [1.29, 1.82) is 0 Å². The van der Waals surface area contributed by atoms with E-state index >= 15 is 0 Å². The Morgan fingerprint density at radius 2 is 1.77 bits per heavy atom. The van der Waals surface area contributed by atoms with Crippen LogP contribution in [0.15, 0.2) is 36.4 Å². The van der Waals surface area contributed by atoms with Gasteiger partial charge >= 0.3 is 0 Å². The molecular formula is C25H26ClFO3. The fourth-order valence-electron chi connectivity index (χ4n) is 5.29. The molecule has 2 aliphatic carbocycles. The molecule has 2 bridgehead atoms. The number of hydrogen-bond donors (Lipinski definition) is 0. The van der Waals surface area contributed by atoms with Gasteiger partial charge in [0.15, 0.2) is 11.6 Å². The van der Waals surface area contributed by atoms with Gasteiger partial charge in [-0.25, -0.2) is 4.39 Å². The zero-order valence-corrected chi connectivity index (χ0v) is 18.5. The fraction of sp³-hybridized carbons (Fsp3) is 0.440. The minimum atomic E-state index is -0.768. The minimum absolute atomic E-state index is 0.00985. The summed E-state index contributed by atoms with van der Waals surface area (Å²) in [7, 11) is 0. The average Bonchev–Trinajstić information content (AvgIpc) is 2.88. The maximum atomic E-state index is 13.8. The summed E-state index contributed by atoms with van der Waals surface area (Å²) in [5.41, 5.74) is 0.822. The summed E-state index contributed by atoms with van der Waals surface area (Å²) < 4.78 is 19.6. The molecule has 0 heterocycles. The lowest BCUT2D eigenvalue weighted by atomic mass is 9.54. The van der Waals surface area contributed by atoms with E-state index in [-0.39, 0.29) is 27.9 Å². The Morgan fingerprint density at radius 3 is 2.43 bits per heavy atom. The van der Waals surface area contributed by atoms with Crippen molar-refractivity contribution in [3.63, 3.8) is 0 Å². The van der Waals surface area contributed by atoms with Gasteiger partial charge in [-0.05, 0) is 60.1 Å². The van der Waals surface area contributed by atoms with Crippen molar-refractivity contribution in [3.05, 3.63) is 58.4 Å². The molecule has 158 valence electrons. The van der Waals surface area contributed by atoms with Gasteiger partial charge in [-0.3, -0.25) is 9.59 Å². The van der Waals surface area contributed by atoms with Gasteiger partial charge in [0.2, 0.25) is 0 Å². The number of aryl methyl sites for hydroxylation is 1. The van der Waals surface area contributed by atoms with Crippen molar-refractivity contribution >= 4 is 23.2 Å². The first-order chi connectivity index (χ1) is 14.1. The molecule has 2 aliphatic rings. The number of carbonyl (C=O) groups excluding carboxylic acids is 2. The number of carbonyl (C=O) groups is 2. The quantitative estimate of drug-likeness (QED) is 0.521. The number of Topliss-reactive ketones (excluding diaryl/α,β-unsaturated/α-hetero) is 2. The Hall–Kier alpha value is -2.20. The molecule has 4 rings (SSSR count). The van der Waals surface area contributed by atoms with Crippen molar-refractivity contribution in [2.24, 2.45) is 16.7 Å². The number of fused-ring (bicyclic) bond motifs is 2. The summed E-state index contributed by atoms with van der Waals surface area (Å²) in [6.07, 6.45) is 2.20. The van der Waals surface area contributed by atoms with E-state index in [9.17, 15) is 14.0 Å². The molecule has 0 radical (unpaired) electrons. The highest BCUT2D eigenvalue weighted by Crippen LogP contribution is 2.62. The average molecular weight is 429 g/mol. The summed E-state index contributed by atoms with van der Waals surface area (Å²) in [6.45, 7) is 8.11. The van der Waals surface area contributed by atoms with Crippen LogP contribution >= 0.6 is 11.6 Å². The summed E-state index contributed by atoms with van der Waals surface area (Å²) in [5, 5.41) is 0.0223. The molecule has 3 unspecified atom stereocenters. The fourth-order valence-corrected chi connectivity index (χ4v) is 5.40. The Kier molecular flexibility index (Phi) is 5.05. The predicted molar refractivity (Wildman–Crippen MR) is 115 cm³/mol. The van der Waals surface area contributed by atoms with Crippen LogP contribution in [0.5, 0.6) is 11.5 Å². The summed E-state index contributed by atoms with van der Waals surface area (Å²) in [4.78, 5) is 27.1. The largest absolute Gasteiger partial charge is 0.457 e. The van der Waals surface area contributed by atoms with Crippen LogP contribution in [0.4, 0.5) is 4.39 Å². The zero-order chi connectivity index (χ0) is 21.8. The third kappa shape index (κ3) is 2.99. The number of halogens is 2. The van der Waals surface area contributed by atoms with Crippen LogP contribution in [-0.4, -0.2) is 11.6 Å². The molecule has 2 fully saturated rings. The molecule has 0 aliphatic heterocycles. The molecule has 0 saturated heterocycles. The summed E-state index contributed by atoms with van der Waals surface area (Å²) in [5.74, 6) is -0.654. The van der Waals surface area contributed by atoms with Crippen LogP contribution in [0.2, 0.25) is 5.02 Å². The molecule has 0 N–H and O–H groups in total. The molecule has 0 aromatic heterocycles. The molecule has 3 nitrogen and oxygen atoms in total. The van der Waals surface area contributed by atoms with Crippen LogP contribution in [0.1, 0.15) is 57.6 Å². The molecule has 2 saturated carbocycles. The highest BCUT2D eigenvalue weighted by molar-refractivity contribution is 6.30. The van der Waals surface area contributed by atoms with Crippen molar-refractivity contribution in [3.8, 4) is 11.5 Å². The Bertz CT molecular complexity index is 1040. The third-order valence-electron chi connectivity index (χ3n) is 7.60. The molecule has 30 heavy (non-hydrogen) atoms. The van der Waals surface area contributed by atoms with Crippen LogP contribution in [0.3, 0.4) is 0 Å². The number of ether oxygens (including phenoxy) is 1. The highest BCUT2D eigenvalue weighted by atomic mass is 35.5. The molecule has 0 spiro atoms. The highest BCUT2D eigenvalue weighted by Gasteiger charge is 2.64. The van der Waals surface area contributed by atoms with Gasteiger partial charge in [0.25, 0.3) is 0 Å². The van der Waals surface area contributed by atoms with Gasteiger partial charge in [0, 0.05) is 17.4 Å². The van der Waals surface area contributed by atoms with Gasteiger partial charge < -0.3 is 4.74 Å². The van der Waals surface area contributed by atoms with E-state index in [0.717, 1.165) is 18.4 Å². The second-order valence-corrected chi connectivity index (χ2v) is 9.64. The molecular weight excluding hydrogens is 403 g/mol. The molecule has 3 atom stereocenters. The van der Waals surface area contributed by atoms with Crippen LogP contribution in [0.25, 0.3) is 0 Å². The van der Waals surface area contributed by atoms with Crippen LogP contribution in [0, 0.1) is 22.6 Å². The van der Waals surface area contributed by atoms with Crippen LogP contribution < -0.4 is 4.74 Å². The number of rotatable bonds is 4. The smallest absolute Gasteiger partial charge is 0.154 e. The van der Waals surface area contributed by atoms with Gasteiger partial charge in [-0.1, -0.05) is 45.4 Å². The number of ketones is 2. The predicted octanol–water partition coefficient (Wildman–Crippen LogP) is 6.51. The van der Waals surface area contributed by atoms with Gasteiger partial charge in [-0.2, -0.15) is 0 Å². The normalized spacial score (nSPS) is 27.4. The van der Waals surface area contributed by atoms with Crippen molar-refractivity contribution in [2.45, 2.75) is 52.9 Å². The summed E-state index contributed by atoms with van der Waals surface area (Å²) >= 11 is 5.75. The second kappa shape index (κ2) is 7.19. The first-order valence-corrected chi connectivity index (χ1v) is 10.8. The minimum Gasteiger partial charge on any atom is -0.457 e. The monoisotopic (exact) mass is 428 g/mol. The van der Waals surface area contributed by atoms with Gasteiger partial charge in [0.1, 0.15) is 23.2 Å². The number of hydrogen-bond acceptors (Lipinski definition) is 3. The molecule has 2 aromatic rings. The van der Waals surface area contributed by atoms with Crippen molar-refractivity contribution < 1.29 is 18.7 Å². The van der Waals surface area contributed by atoms with Crippen molar-refractivity contribution in [1.82, 2.24) is 0 Å². The van der Waals surface area contributed by atoms with E-state index in [1.54, 1.807) is 18.2 Å². The maximum absolute atomic E-state index is 13.8. The Balaban J connectivity index is 1.75. The van der Waals surface area contributed by atoms with E-state index in [4.69, 9.17) is 16.3 Å². The first kappa shape index (κ1) is 21.0. The lowest BCUT2D eigenvalue weighted by molar-refractivity contribution is -0.149. The Labute approximate surface area is 181 Å². The van der Waals surface area contributed by atoms with E-state index in [2.05, 4.69) is 0 Å². The third-order valence-corrected chi connectivity index (χ3v) is 7.90. The summed E-state index contributed by atoms with van der Waals surface area (Å²) in [6, 6.07) is 9.68. The Morgan fingerprint density at radius 1 is 1.10 bits per heavy atom. The molecule has 5 heteroatoms. The second-order valence-electron chi connectivity index (χ2n) is 9.24. The topological polar surface area (TPSA) is 43.4 Å². The lowest BCUT2D eigenvalue weighted by Crippen LogP contribution is -2.52. The van der Waals surface area contributed by atoms with Gasteiger partial charge in [0.05, 0.1) is 5.02 Å². The van der Waals surface area contributed by atoms with Gasteiger partial charge in [-0.15, -0.1) is 0 Å². The molecule has 2 aromatic carbocycles. The molecule has 0 amide bonds.